The molecule has 0 unspecified atom stereocenters. The molecule has 1 aromatic heterocycles. The number of benzene rings is 2. The highest BCUT2D eigenvalue weighted by Crippen LogP contribution is 2.33. The van der Waals surface area contributed by atoms with Crippen molar-refractivity contribution in [3.05, 3.63) is 75.4 Å². The van der Waals surface area contributed by atoms with Crippen LogP contribution in [0.15, 0.2) is 48.5 Å². The zero-order valence-corrected chi connectivity index (χ0v) is 28.1. The Kier molecular flexibility index (Phi) is 12.6. The van der Waals surface area contributed by atoms with Gasteiger partial charge in [0.05, 0.1) is 27.0 Å². The van der Waals surface area contributed by atoms with E-state index in [2.05, 4.69) is 79.1 Å². The average Bonchev–Trinajstić information content (AvgIpc) is 3.11. The van der Waals surface area contributed by atoms with Crippen LogP contribution in [0.1, 0.15) is 28.0 Å². The van der Waals surface area contributed by atoms with Crippen LogP contribution in [-0.2, 0) is 7.05 Å². The number of piperazine rings is 1. The number of halogens is 5. The van der Waals surface area contributed by atoms with Crippen LogP contribution in [0.3, 0.4) is 0 Å². The van der Waals surface area contributed by atoms with E-state index >= 15 is 0 Å². The summed E-state index contributed by atoms with van der Waals surface area (Å²) in [6, 6.07) is 16.0. The number of anilines is 1. The highest BCUT2D eigenvalue weighted by molar-refractivity contribution is 9.69. The van der Waals surface area contributed by atoms with Gasteiger partial charge < -0.3 is 14.8 Å². The number of amides is 1. The molecule has 11 heteroatoms. The van der Waals surface area contributed by atoms with Crippen molar-refractivity contribution < 1.29 is 4.79 Å². The molecule has 1 amide bonds. The summed E-state index contributed by atoms with van der Waals surface area (Å²) >= 11 is 21.9. The molecule has 1 aliphatic rings. The molecule has 1 fully saturated rings. The Balaban J connectivity index is 0.000000934. The lowest BCUT2D eigenvalue weighted by Crippen LogP contribution is -2.47. The fraction of sp³-hybridized carbons (Fsp3) is 0.370. The van der Waals surface area contributed by atoms with Crippen LogP contribution < -0.4 is 10.2 Å². The fourth-order valence-electron chi connectivity index (χ4n) is 4.86. The van der Waals surface area contributed by atoms with Gasteiger partial charge in [0.15, 0.2) is 0 Å². The van der Waals surface area contributed by atoms with Crippen LogP contribution in [-0.4, -0.2) is 57.8 Å². The zero-order valence-electron chi connectivity index (χ0n) is 21.8. The molecule has 38 heavy (non-hydrogen) atoms. The lowest BCUT2D eigenvalue weighted by molar-refractivity contribution is 0.0950. The second-order valence-corrected chi connectivity index (χ2v) is 16.3. The molecule has 1 saturated heterocycles. The predicted molar refractivity (Wildman–Crippen MR) is 175 cm³/mol. The van der Waals surface area contributed by atoms with Gasteiger partial charge in [-0.05, 0) is 50.1 Å². The normalized spacial score (nSPS) is 13.6. The van der Waals surface area contributed by atoms with Crippen LogP contribution in [0.25, 0.3) is 11.3 Å². The number of hydrogen-bond donors (Lipinski definition) is 1. The third kappa shape index (κ3) is 8.27. The quantitative estimate of drug-likeness (QED) is 0.199. The second-order valence-electron chi connectivity index (χ2n) is 9.12. The van der Waals surface area contributed by atoms with Crippen molar-refractivity contribution in [1.29, 1.82) is 0 Å². The molecule has 0 aliphatic carbocycles. The first-order valence-corrected chi connectivity index (χ1v) is 15.9. The summed E-state index contributed by atoms with van der Waals surface area (Å²) in [4.78, 5) is 17.8. The van der Waals surface area contributed by atoms with Crippen LogP contribution in [0.4, 0.5) is 5.69 Å². The van der Waals surface area contributed by atoms with Crippen molar-refractivity contribution in [2.75, 3.05) is 44.2 Å². The average molecular weight is 750 g/mol. The molecule has 0 saturated carbocycles. The highest BCUT2D eigenvalue weighted by atomic mass is 79.9. The van der Waals surface area contributed by atoms with Gasteiger partial charge in [0.2, 0.25) is 0 Å². The van der Waals surface area contributed by atoms with E-state index in [1.807, 2.05) is 57.3 Å². The highest BCUT2D eigenvalue weighted by Gasteiger charge is 2.22. The summed E-state index contributed by atoms with van der Waals surface area (Å²) < 4.78 is 2.39. The molecule has 4 rings (SSSR count). The van der Waals surface area contributed by atoms with Crippen molar-refractivity contribution in [3.63, 3.8) is 0 Å². The smallest absolute Gasteiger partial charge is 0.368 e. The van der Waals surface area contributed by atoms with Gasteiger partial charge in [-0.2, -0.15) is 0 Å². The Morgan fingerprint density at radius 2 is 1.61 bits per heavy atom. The van der Waals surface area contributed by atoms with E-state index in [0.717, 1.165) is 72.9 Å². The van der Waals surface area contributed by atoms with Crippen LogP contribution in [0.2, 0.25) is 10.0 Å². The van der Waals surface area contributed by atoms with E-state index in [4.69, 9.17) is 23.2 Å². The lowest BCUT2D eigenvalue weighted by Gasteiger charge is -2.36. The zero-order chi connectivity index (χ0) is 27.8. The van der Waals surface area contributed by atoms with Crippen molar-refractivity contribution >= 4 is 85.3 Å². The van der Waals surface area contributed by atoms with E-state index < -0.39 is 0 Å². The first-order chi connectivity index (χ1) is 18.1. The number of nitrogens with one attached hydrogen (secondary N) is 1. The Morgan fingerprint density at radius 1 is 0.974 bits per heavy atom. The summed E-state index contributed by atoms with van der Waals surface area (Å²) in [7, 11) is 2.03. The standard InChI is InChI=1S/C27H32Cl2N4O.BBr3/c1-19-24(20(2)31(3)26(19)21-9-5-4-6-10-21)27(34)30-13-8-14-32-15-17-33(18-16-32)23-12-7-11-22(28)25(23)29;2-1(3)4/h4-7,9-12H,8,13-18H2,1-3H3,(H,30,34);. The van der Waals surface area contributed by atoms with E-state index in [1.165, 1.54) is 0 Å². The topological polar surface area (TPSA) is 40.5 Å². The van der Waals surface area contributed by atoms with Crippen LogP contribution in [0.5, 0.6) is 0 Å². The van der Waals surface area contributed by atoms with Gasteiger partial charge in [-0.15, -0.1) is 47.3 Å². The summed E-state index contributed by atoms with van der Waals surface area (Å²) in [5, 5.41) is 4.36. The third-order valence-corrected chi connectivity index (χ3v) is 7.59. The maximum absolute atomic E-state index is 13.0. The monoisotopic (exact) mass is 746 g/mol. The van der Waals surface area contributed by atoms with Gasteiger partial charge in [-0.1, -0.05) is 59.6 Å². The first kappa shape index (κ1) is 31.6. The predicted octanol–water partition coefficient (Wildman–Crippen LogP) is 7.71. The van der Waals surface area contributed by atoms with Gasteiger partial charge in [0, 0.05) is 45.5 Å². The molecule has 1 aliphatic heterocycles. The Morgan fingerprint density at radius 3 is 2.24 bits per heavy atom. The number of aromatic nitrogens is 1. The third-order valence-electron chi connectivity index (χ3n) is 6.79. The summed E-state index contributed by atoms with van der Waals surface area (Å²) in [5.41, 5.74) is 6.03. The molecular formula is C27H32BBr3Cl2N4O. The van der Waals surface area contributed by atoms with Crippen LogP contribution >= 0.6 is 70.5 Å². The molecule has 2 aromatic carbocycles. The molecule has 0 bridgehead atoms. The Hall–Kier alpha value is -0.965. The summed E-state index contributed by atoms with van der Waals surface area (Å²) in [5.74, 6) is 0.00759. The number of carbonyl (C=O) groups is 1. The largest absolute Gasteiger partial charge is 0.369 e. The van der Waals surface area contributed by atoms with Gasteiger partial charge in [-0.3, -0.25) is 9.69 Å². The molecule has 0 spiro atoms. The molecular weight excluding hydrogens is 718 g/mol. The van der Waals surface area contributed by atoms with Gasteiger partial charge in [0.1, 0.15) is 0 Å². The van der Waals surface area contributed by atoms with Gasteiger partial charge in [-0.25, -0.2) is 0 Å². The SMILES string of the molecule is BrB(Br)Br.Cc1c(C(=O)NCCCN2CCN(c3cccc(Cl)c3Cl)CC2)c(C)n(C)c1-c1ccccc1. The number of nitrogens with zero attached hydrogens (tertiary/aromatic N) is 3. The number of rotatable bonds is 7. The van der Waals surface area contributed by atoms with E-state index in [-0.39, 0.29) is 9.09 Å². The Bertz CT molecular complexity index is 1220. The first-order valence-electron chi connectivity index (χ1n) is 12.4. The Labute approximate surface area is 261 Å². The van der Waals surface area contributed by atoms with Crippen LogP contribution in [0, 0.1) is 13.8 Å². The minimum absolute atomic E-state index is 0.00759. The lowest BCUT2D eigenvalue weighted by atomic mass is 10.0. The van der Waals surface area contributed by atoms with E-state index in [0.29, 0.717) is 16.6 Å². The molecule has 204 valence electrons. The molecule has 3 aromatic rings. The summed E-state index contributed by atoms with van der Waals surface area (Å²) in [6.45, 7) is 9.43. The number of carbonyl (C=O) groups excluding carboxylic acids is 1. The van der Waals surface area contributed by atoms with Crippen molar-refractivity contribution in [3.8, 4) is 11.3 Å². The van der Waals surface area contributed by atoms with Crippen molar-refractivity contribution in [2.45, 2.75) is 20.3 Å². The molecule has 0 atom stereocenters. The van der Waals surface area contributed by atoms with Gasteiger partial charge >= 0.3 is 3.18 Å². The maximum atomic E-state index is 13.0. The summed E-state index contributed by atoms with van der Waals surface area (Å²) in [6.07, 6.45) is 0.917. The molecule has 0 radical (unpaired) electrons. The maximum Gasteiger partial charge on any atom is 0.369 e. The van der Waals surface area contributed by atoms with E-state index in [9.17, 15) is 4.79 Å². The van der Waals surface area contributed by atoms with Gasteiger partial charge in [0.25, 0.3) is 5.91 Å². The van der Waals surface area contributed by atoms with Crippen molar-refractivity contribution in [1.82, 2.24) is 14.8 Å². The number of hydrogen-bond acceptors (Lipinski definition) is 3. The van der Waals surface area contributed by atoms with Crippen molar-refractivity contribution in [2.24, 2.45) is 7.05 Å². The minimum Gasteiger partial charge on any atom is -0.368 e. The molecule has 2 heterocycles. The molecule has 1 N–H and O–H groups in total. The molecule has 5 nitrogen and oxygen atoms in total. The van der Waals surface area contributed by atoms with E-state index in [1.54, 1.807) is 0 Å². The second kappa shape index (κ2) is 15.1. The fourth-order valence-corrected chi connectivity index (χ4v) is 5.27. The minimum atomic E-state index is 0.00759.